The molecule has 26 heteroatoms. The van der Waals surface area contributed by atoms with Gasteiger partial charge in [-0.15, -0.1) is 0 Å². The van der Waals surface area contributed by atoms with Crippen LogP contribution in [0.1, 0.15) is 400 Å². The number of phosphoric ester groups is 2. The van der Waals surface area contributed by atoms with E-state index in [4.69, 9.17) is 37.0 Å². The first kappa shape index (κ1) is 106. The molecule has 6 atom stereocenters. The summed E-state index contributed by atoms with van der Waals surface area (Å²) >= 11 is 0. The summed E-state index contributed by atoms with van der Waals surface area (Å²) in [5.41, 5.74) is 0. The number of hydrogen-bond donors (Lipinski definition) is 4. The molecular weight excluding hydrogens is 1460 g/mol. The summed E-state index contributed by atoms with van der Waals surface area (Å²) in [6.45, 7) is 4.09. The number of rotatable bonds is 85. The first-order valence-corrected chi connectivity index (χ1v) is 48.8. The highest BCUT2D eigenvalue weighted by Gasteiger charge is 2.29. The predicted molar refractivity (Wildman–Crippen MR) is 437 cm³/mol. The molecule has 0 spiro atoms. The van der Waals surface area contributed by atoms with Crippen molar-refractivity contribution in [3.05, 3.63) is 0 Å². The van der Waals surface area contributed by atoms with Gasteiger partial charge < -0.3 is 49.2 Å². The van der Waals surface area contributed by atoms with Crippen molar-refractivity contribution in [2.24, 2.45) is 9.98 Å². The number of carbonyl (C=O) groups is 4. The number of aliphatic hydroxyl groups excluding tert-OH is 2. The Morgan fingerprint density at radius 1 is 0.306 bits per heavy atom. The van der Waals surface area contributed by atoms with Gasteiger partial charge in [-0.25, -0.2) is 9.13 Å². The molecule has 0 saturated carbocycles. The smallest absolute Gasteiger partial charge is 0.472 e. The van der Waals surface area contributed by atoms with Crippen LogP contribution in [0.15, 0.2) is 9.98 Å². The molecule has 22 nitrogen and oxygen atoms in total. The highest BCUT2D eigenvalue weighted by molar-refractivity contribution is 8.76. The molecule has 0 aromatic rings. The van der Waals surface area contributed by atoms with Gasteiger partial charge in [-0.2, -0.15) is 0 Å². The summed E-state index contributed by atoms with van der Waals surface area (Å²) in [4.78, 5) is 80.6. The maximum absolute atomic E-state index is 13.1. The highest BCUT2D eigenvalue weighted by atomic mass is 33.1. The molecule has 0 aromatic heterocycles. The van der Waals surface area contributed by atoms with Crippen molar-refractivity contribution in [2.75, 3.05) is 64.4 Å². The van der Waals surface area contributed by atoms with Gasteiger partial charge in [0.15, 0.2) is 12.2 Å². The number of hydrogen-bond acceptors (Lipinski definition) is 22. The first-order valence-electron chi connectivity index (χ1n) is 43.3. The fourth-order valence-corrected chi connectivity index (χ4v) is 15.9. The van der Waals surface area contributed by atoms with Gasteiger partial charge in [0.2, 0.25) is 0 Å². The monoisotopic (exact) mass is 1620 g/mol. The Morgan fingerprint density at radius 3 is 0.731 bits per heavy atom. The lowest BCUT2D eigenvalue weighted by Gasteiger charge is -2.21. The number of unbranched alkanes of at least 4 members (excludes halogenated alkanes) is 48. The van der Waals surface area contributed by atoms with Crippen molar-refractivity contribution in [1.82, 2.24) is 0 Å². The lowest BCUT2D eigenvalue weighted by molar-refractivity contribution is -0.219. The fourth-order valence-electron chi connectivity index (χ4n) is 12.3. The second kappa shape index (κ2) is 78.5. The number of aliphatic hydroxyl groups is 2. The Balaban J connectivity index is 5.20. The molecule has 0 fully saturated rings. The molecule has 0 rings (SSSR count). The molecule has 0 aliphatic heterocycles. The molecule has 2 unspecified atom stereocenters. The van der Waals surface area contributed by atoms with Crippen LogP contribution in [0, 0.1) is 0 Å². The van der Waals surface area contributed by atoms with Crippen molar-refractivity contribution in [3.8, 4) is 0 Å². The van der Waals surface area contributed by atoms with Gasteiger partial charge in [-0.3, -0.25) is 47.3 Å². The third-order valence-corrected chi connectivity index (χ3v) is 23.4. The SMILES string of the molecule is CCCCCCCCCCCCCCCCCC(=O)OC[C@H](COP(=O)(O)OC[C@H](CO)N=C([O-])CCSSCCC([O-])=N[C@@H](CO)COP(=O)(O)OC[C@@H](COC(=O)CCCCCCCCCCCCC)OC(=O)CCCCCCCCCCCCC)OC(=O)CCCCCCCCCCCCCCCCC. The van der Waals surface area contributed by atoms with Gasteiger partial charge >= 0.3 is 39.5 Å². The average Bonchev–Trinajstić information content (AvgIpc) is 0.905. The average molecular weight is 1620 g/mol. The lowest BCUT2D eigenvalue weighted by Crippen LogP contribution is -2.30. The van der Waals surface area contributed by atoms with Crippen molar-refractivity contribution in [1.29, 1.82) is 0 Å². The van der Waals surface area contributed by atoms with Gasteiger partial charge in [0, 0.05) is 37.2 Å². The third kappa shape index (κ3) is 75.0. The Bertz CT molecular complexity index is 2240. The van der Waals surface area contributed by atoms with E-state index in [0.29, 0.717) is 25.7 Å². The fraction of sp³-hybridized carbons (Fsp3) is 0.927. The van der Waals surface area contributed by atoms with E-state index in [1.165, 1.54) is 240 Å². The van der Waals surface area contributed by atoms with Crippen LogP contribution in [-0.4, -0.2) is 144 Å². The van der Waals surface area contributed by atoms with Gasteiger partial charge in [0.1, 0.15) is 13.2 Å². The second-order valence-electron chi connectivity index (χ2n) is 29.5. The third-order valence-electron chi connectivity index (χ3n) is 19.1. The van der Waals surface area contributed by atoms with Crippen molar-refractivity contribution in [3.63, 3.8) is 0 Å². The standard InChI is InChI=1S/C82H158N2O20P2S2/c1-5-9-13-17-21-25-29-31-33-35-39-42-46-50-54-58-80(90)98-70-76(104-82(92)60-56-52-48-44-40-36-34-32-30-26-22-18-14-10-6-2)72-102-106(95,96)100-68-74(66-86)84-78(88)62-64-108-107-63-61-77(87)83-73(65-85)67-99-105(93,94)101-71-75(103-81(91)59-55-51-47-43-38-28-24-20-16-12-8-4)69-97-79(89)57-53-49-45-41-37-27-23-19-15-11-7-3/h73-76,85-86H,5-72H2,1-4H3,(H,83,87)(H,84,88)(H,93,94)(H,95,96)/p-2/t73-,74-,75+,76+/m0/s1. The minimum atomic E-state index is -4.88. The molecule has 0 bridgehead atoms. The van der Waals surface area contributed by atoms with Gasteiger partial charge in [-0.1, -0.05) is 357 Å². The van der Waals surface area contributed by atoms with Crippen molar-refractivity contribution >= 4 is 72.9 Å². The number of nitrogens with zero attached hydrogens (tertiary/aromatic N) is 2. The molecule has 108 heavy (non-hydrogen) atoms. The number of esters is 4. The molecule has 0 amide bonds. The normalized spacial score (nSPS) is 14.3. The predicted octanol–water partition coefficient (Wildman–Crippen LogP) is 20.5. The zero-order valence-corrected chi connectivity index (χ0v) is 71.7. The van der Waals surface area contributed by atoms with Crippen LogP contribution in [0.25, 0.3) is 0 Å². The van der Waals surface area contributed by atoms with E-state index in [0.717, 1.165) is 89.9 Å². The Labute approximate surface area is 663 Å². The van der Waals surface area contributed by atoms with Crippen LogP contribution < -0.4 is 10.2 Å². The molecule has 0 saturated heterocycles. The van der Waals surface area contributed by atoms with Crippen LogP contribution in [0.3, 0.4) is 0 Å². The van der Waals surface area contributed by atoms with E-state index >= 15 is 0 Å². The summed E-state index contributed by atoms with van der Waals surface area (Å²) in [7, 11) is -7.25. The maximum atomic E-state index is 13.1. The first-order chi connectivity index (χ1) is 52.4. The number of aliphatic imine (C=N–C) groups is 2. The number of phosphoric acid groups is 2. The minimum absolute atomic E-state index is 0.0924. The van der Waals surface area contributed by atoms with Gasteiger partial charge in [-0.05, 0) is 50.3 Å². The van der Waals surface area contributed by atoms with E-state index in [-0.39, 0.29) is 50.0 Å². The lowest BCUT2D eigenvalue weighted by atomic mass is 10.0. The van der Waals surface area contributed by atoms with E-state index < -0.39 is 128 Å². The van der Waals surface area contributed by atoms with E-state index in [9.17, 15) is 58.5 Å². The van der Waals surface area contributed by atoms with E-state index in [2.05, 4.69) is 37.7 Å². The molecule has 0 aliphatic rings. The topological polar surface area (TPSA) is 328 Å². The van der Waals surface area contributed by atoms with Crippen LogP contribution in [0.4, 0.5) is 0 Å². The van der Waals surface area contributed by atoms with Crippen LogP contribution >= 0.6 is 37.2 Å². The molecular formula is C82H156N2O20P2S2-2. The van der Waals surface area contributed by atoms with Gasteiger partial charge in [0.25, 0.3) is 0 Å². The Morgan fingerprint density at radius 2 is 0.509 bits per heavy atom. The van der Waals surface area contributed by atoms with Gasteiger partial charge in [0.05, 0.1) is 51.7 Å². The molecule has 4 N–H and O–H groups in total. The highest BCUT2D eigenvalue weighted by Crippen LogP contribution is 2.44. The number of ether oxygens (including phenoxy) is 4. The van der Waals surface area contributed by atoms with Crippen LogP contribution in [0.5, 0.6) is 0 Å². The zero-order valence-electron chi connectivity index (χ0n) is 68.3. The molecule has 0 heterocycles. The molecule has 0 aliphatic carbocycles. The summed E-state index contributed by atoms with van der Waals surface area (Å²) in [5, 5.41) is 45.5. The van der Waals surface area contributed by atoms with E-state index in [1.807, 2.05) is 0 Å². The molecule has 0 aromatic carbocycles. The molecule has 638 valence electrons. The second-order valence-corrected chi connectivity index (χ2v) is 35.2. The largest absolute Gasteiger partial charge is 0.862 e. The minimum Gasteiger partial charge on any atom is -0.862 e. The van der Waals surface area contributed by atoms with Crippen molar-refractivity contribution < 1.29 is 95.6 Å². The Hall–Kier alpha value is -2.34. The Kier molecular flexibility index (Phi) is 76.8. The zero-order chi connectivity index (χ0) is 79.3. The quantitative estimate of drug-likeness (QED) is 0.00836. The summed E-state index contributed by atoms with van der Waals surface area (Å²) < 4.78 is 68.9. The van der Waals surface area contributed by atoms with Crippen LogP contribution in [0.2, 0.25) is 0 Å². The van der Waals surface area contributed by atoms with Crippen LogP contribution in [-0.2, 0) is 65.4 Å². The number of carbonyl (C=O) groups excluding carboxylic acids is 4. The van der Waals surface area contributed by atoms with E-state index in [1.54, 1.807) is 0 Å². The summed E-state index contributed by atoms with van der Waals surface area (Å²) in [6.07, 6.45) is 58.1. The van der Waals surface area contributed by atoms with Crippen molar-refractivity contribution in [2.45, 2.75) is 424 Å². The summed E-state index contributed by atoms with van der Waals surface area (Å²) in [6, 6.07) is -2.45. The molecule has 0 radical (unpaired) electrons. The summed E-state index contributed by atoms with van der Waals surface area (Å²) in [5.74, 6) is -2.87. The maximum Gasteiger partial charge on any atom is 0.472 e.